The Kier molecular flexibility index (Phi) is 6.90. The third kappa shape index (κ3) is 4.63. The number of nitrogen functional groups attached to an aromatic ring is 1. The van der Waals surface area contributed by atoms with E-state index >= 15 is 8.78 Å². The Bertz CT molecular complexity index is 1820. The molecule has 236 valence electrons. The molecule has 0 bridgehead atoms. The summed E-state index contributed by atoms with van der Waals surface area (Å²) in [5.41, 5.74) is 6.89. The molecule has 4 aliphatic heterocycles. The fourth-order valence-corrected chi connectivity index (χ4v) is 7.84. The van der Waals surface area contributed by atoms with Gasteiger partial charge in [-0.3, -0.25) is 4.90 Å². The summed E-state index contributed by atoms with van der Waals surface area (Å²) >= 11 is 0. The lowest BCUT2D eigenvalue weighted by atomic mass is 9.95. The van der Waals surface area contributed by atoms with Gasteiger partial charge >= 0.3 is 0 Å². The van der Waals surface area contributed by atoms with Crippen molar-refractivity contribution in [2.24, 2.45) is 0 Å². The minimum atomic E-state index is -0.898. The number of rotatable bonds is 5. The monoisotopic (exact) mass is 620 g/mol. The second-order valence-electron chi connectivity index (χ2n) is 12.6. The molecule has 3 fully saturated rings. The first kappa shape index (κ1) is 28.6. The van der Waals surface area contributed by atoms with Crippen LogP contribution in [0, 0.1) is 11.6 Å². The molecule has 12 heteroatoms. The van der Waals surface area contributed by atoms with Gasteiger partial charge in [0.25, 0.3) is 0 Å². The Morgan fingerprint density at radius 1 is 1.09 bits per heavy atom. The second-order valence-corrected chi connectivity index (χ2v) is 12.6. The van der Waals surface area contributed by atoms with E-state index in [9.17, 15) is 4.39 Å². The standard InChI is InChI=1S/C33H35F3N6O3/c1-2-21-22(35)5-4-18-12-24(37)38-30(26(18)21)31-28(36)29-27-23(42-9-11-43-10-6-20(42)16-44-32(27)40-31)13-25(39-29)45-17-33-7-3-8-41(33)15-19(34)14-33/h4-5,12-13,19-20H,2-3,6-11,14-17H2,1H3,(H2,37,38)/t19?,20-,33-/m0/s1. The van der Waals surface area contributed by atoms with E-state index in [1.54, 1.807) is 12.1 Å². The molecular formula is C33H35F3N6O3. The van der Waals surface area contributed by atoms with Gasteiger partial charge < -0.3 is 24.8 Å². The van der Waals surface area contributed by atoms with Crippen LogP contribution in [0.1, 0.15) is 38.2 Å². The lowest BCUT2D eigenvalue weighted by Gasteiger charge is -2.32. The van der Waals surface area contributed by atoms with Crippen LogP contribution in [0.3, 0.4) is 0 Å². The maximum atomic E-state index is 17.0. The van der Waals surface area contributed by atoms with Crippen molar-refractivity contribution < 1.29 is 27.4 Å². The first-order valence-corrected chi connectivity index (χ1v) is 15.8. The van der Waals surface area contributed by atoms with Gasteiger partial charge in [-0.25, -0.2) is 28.1 Å². The molecule has 2 N–H and O–H groups in total. The minimum Gasteiger partial charge on any atom is -0.476 e. The van der Waals surface area contributed by atoms with Crippen molar-refractivity contribution in [1.82, 2.24) is 19.9 Å². The maximum absolute atomic E-state index is 17.0. The Labute approximate surface area is 258 Å². The van der Waals surface area contributed by atoms with Gasteiger partial charge in [-0.15, -0.1) is 0 Å². The number of halogens is 3. The largest absolute Gasteiger partial charge is 0.476 e. The predicted octanol–water partition coefficient (Wildman–Crippen LogP) is 5.21. The van der Waals surface area contributed by atoms with Crippen molar-refractivity contribution in [2.45, 2.75) is 56.8 Å². The van der Waals surface area contributed by atoms with Gasteiger partial charge in [0, 0.05) is 37.6 Å². The van der Waals surface area contributed by atoms with Gasteiger partial charge in [-0.1, -0.05) is 13.0 Å². The Morgan fingerprint density at radius 2 is 1.98 bits per heavy atom. The van der Waals surface area contributed by atoms with Crippen LogP contribution in [0.15, 0.2) is 24.3 Å². The fraction of sp³-hybridized carbons (Fsp3) is 0.485. The zero-order chi connectivity index (χ0) is 30.9. The lowest BCUT2D eigenvalue weighted by molar-refractivity contribution is 0.111. The molecule has 0 amide bonds. The molecule has 7 heterocycles. The zero-order valence-corrected chi connectivity index (χ0v) is 25.1. The van der Waals surface area contributed by atoms with Crippen LogP contribution < -0.4 is 20.1 Å². The van der Waals surface area contributed by atoms with E-state index in [4.69, 9.17) is 29.9 Å². The molecule has 1 aromatic carbocycles. The van der Waals surface area contributed by atoms with Crippen molar-refractivity contribution in [3.8, 4) is 23.1 Å². The van der Waals surface area contributed by atoms with E-state index in [0.717, 1.165) is 19.4 Å². The fourth-order valence-electron chi connectivity index (χ4n) is 7.84. The van der Waals surface area contributed by atoms with Gasteiger partial charge in [-0.2, -0.15) is 0 Å². The van der Waals surface area contributed by atoms with E-state index in [1.165, 1.54) is 6.07 Å². The number of aryl methyl sites for hydroxylation is 1. The molecule has 9 nitrogen and oxygen atoms in total. The van der Waals surface area contributed by atoms with Crippen molar-refractivity contribution >= 4 is 33.2 Å². The number of alkyl halides is 1. The summed E-state index contributed by atoms with van der Waals surface area (Å²) in [6.45, 7) is 5.26. The summed E-state index contributed by atoms with van der Waals surface area (Å²) in [5, 5.41) is 1.50. The molecule has 0 aliphatic carbocycles. The van der Waals surface area contributed by atoms with E-state index in [0.29, 0.717) is 79.6 Å². The number of fused-ring (bicyclic) bond motifs is 4. The average Bonchev–Trinajstić information content (AvgIpc) is 3.38. The van der Waals surface area contributed by atoms with E-state index in [1.807, 2.05) is 13.0 Å². The van der Waals surface area contributed by atoms with Gasteiger partial charge in [0.2, 0.25) is 11.8 Å². The number of hydrogen-bond donors (Lipinski definition) is 1. The third-order valence-corrected chi connectivity index (χ3v) is 9.95. The van der Waals surface area contributed by atoms with Crippen LogP contribution >= 0.6 is 0 Å². The normalized spacial score (nSPS) is 24.8. The lowest BCUT2D eigenvalue weighted by Crippen LogP contribution is -2.43. The summed E-state index contributed by atoms with van der Waals surface area (Å²) in [4.78, 5) is 18.2. The molecule has 3 saturated heterocycles. The van der Waals surface area contributed by atoms with Crippen LogP contribution in [0.4, 0.5) is 24.7 Å². The summed E-state index contributed by atoms with van der Waals surface area (Å²) in [5.74, 6) is -0.541. The molecule has 0 saturated carbocycles. The highest BCUT2D eigenvalue weighted by Gasteiger charge is 2.49. The quantitative estimate of drug-likeness (QED) is 0.322. The molecule has 45 heavy (non-hydrogen) atoms. The van der Waals surface area contributed by atoms with Crippen LogP contribution in [0.5, 0.6) is 11.8 Å². The first-order chi connectivity index (χ1) is 21.8. The molecule has 0 spiro atoms. The van der Waals surface area contributed by atoms with Crippen molar-refractivity contribution in [3.63, 3.8) is 0 Å². The number of nitrogens with zero attached hydrogens (tertiary/aromatic N) is 5. The number of hydrogen-bond acceptors (Lipinski definition) is 9. The number of anilines is 2. The zero-order valence-electron chi connectivity index (χ0n) is 25.1. The van der Waals surface area contributed by atoms with Gasteiger partial charge in [0.05, 0.1) is 29.3 Å². The topological polar surface area (TPSA) is 98.9 Å². The molecule has 8 rings (SSSR count). The molecule has 3 aromatic heterocycles. The second kappa shape index (κ2) is 10.9. The highest BCUT2D eigenvalue weighted by Crippen LogP contribution is 2.45. The van der Waals surface area contributed by atoms with Crippen LogP contribution in [0.25, 0.3) is 33.1 Å². The summed E-state index contributed by atoms with van der Waals surface area (Å²) in [6.07, 6.45) is 2.39. The highest BCUT2D eigenvalue weighted by atomic mass is 19.1. The SMILES string of the molecule is CCc1c(F)ccc2cc(N)nc(-c3nc4c5c(cc(OC[C@@]67CCCN6CC(F)C7)nc5c3F)N3CCOCC[C@H]3CO4)c12. The van der Waals surface area contributed by atoms with Crippen molar-refractivity contribution in [1.29, 1.82) is 0 Å². The smallest absolute Gasteiger partial charge is 0.226 e. The van der Waals surface area contributed by atoms with Crippen molar-refractivity contribution in [2.75, 3.05) is 56.7 Å². The van der Waals surface area contributed by atoms with Gasteiger partial charge in [-0.05, 0) is 55.3 Å². The minimum absolute atomic E-state index is 0.00992. The predicted molar refractivity (Wildman–Crippen MR) is 165 cm³/mol. The van der Waals surface area contributed by atoms with Crippen LogP contribution in [-0.4, -0.2) is 83.7 Å². The van der Waals surface area contributed by atoms with Crippen LogP contribution in [0.2, 0.25) is 0 Å². The molecule has 4 aliphatic rings. The van der Waals surface area contributed by atoms with E-state index < -0.39 is 23.3 Å². The molecule has 1 unspecified atom stereocenters. The summed E-state index contributed by atoms with van der Waals surface area (Å²) in [6, 6.07) is 6.40. The number of ether oxygens (including phenoxy) is 3. The van der Waals surface area contributed by atoms with Crippen LogP contribution in [-0.2, 0) is 11.2 Å². The number of pyridine rings is 3. The maximum Gasteiger partial charge on any atom is 0.226 e. The van der Waals surface area contributed by atoms with E-state index in [-0.39, 0.29) is 47.1 Å². The third-order valence-electron chi connectivity index (χ3n) is 9.95. The Hall–Kier alpha value is -3.90. The molecule has 3 atom stereocenters. The first-order valence-electron chi connectivity index (χ1n) is 15.8. The summed E-state index contributed by atoms with van der Waals surface area (Å²) in [7, 11) is 0. The highest BCUT2D eigenvalue weighted by molar-refractivity contribution is 6.03. The average molecular weight is 621 g/mol. The number of nitrogens with two attached hydrogens (primary N) is 1. The molecule has 4 aromatic rings. The number of benzene rings is 1. The Morgan fingerprint density at radius 3 is 2.84 bits per heavy atom. The molecular weight excluding hydrogens is 585 g/mol. The molecule has 0 radical (unpaired) electrons. The van der Waals surface area contributed by atoms with Gasteiger partial charge in [0.15, 0.2) is 5.82 Å². The van der Waals surface area contributed by atoms with Crippen molar-refractivity contribution in [3.05, 3.63) is 41.5 Å². The number of aromatic nitrogens is 3. The van der Waals surface area contributed by atoms with Gasteiger partial charge in [0.1, 0.15) is 47.9 Å². The Balaban J connectivity index is 1.33. The van der Waals surface area contributed by atoms with E-state index in [2.05, 4.69) is 14.8 Å². The summed E-state index contributed by atoms with van der Waals surface area (Å²) < 4.78 is 65.0.